The Morgan fingerprint density at radius 3 is 1.64 bits per heavy atom. The fourth-order valence-corrected chi connectivity index (χ4v) is 0. The van der Waals surface area contributed by atoms with E-state index >= 15 is 0 Å². The Hall–Kier alpha value is 0.830. The molecule has 0 fully saturated rings. The molecule has 11 heavy (non-hydrogen) atoms. The first kappa shape index (κ1) is 17.8. The summed E-state index contributed by atoms with van der Waals surface area (Å²) >= 11 is 6.59. The van der Waals surface area contributed by atoms with E-state index in [1.54, 1.807) is 0 Å². The molecule has 0 saturated heterocycles. The summed E-state index contributed by atoms with van der Waals surface area (Å²) < 4.78 is 25.9. The fourth-order valence-electron chi connectivity index (χ4n) is 0. The highest BCUT2D eigenvalue weighted by Crippen LogP contribution is 1.99. The third kappa shape index (κ3) is 105. The minimum atomic E-state index is -3.67. The van der Waals surface area contributed by atoms with Crippen LogP contribution in [0.2, 0.25) is 0 Å². The van der Waals surface area contributed by atoms with Gasteiger partial charge in [0, 0.05) is 10.2 Å². The van der Waals surface area contributed by atoms with Gasteiger partial charge < -0.3 is 6.15 Å². The highest BCUT2D eigenvalue weighted by molar-refractivity contribution is 9.12. The second-order valence-electron chi connectivity index (χ2n) is 1.67. The fraction of sp³-hybridized carbons (Fsp3) is 1.00. The van der Waals surface area contributed by atoms with Crippen molar-refractivity contribution in [2.75, 3.05) is 11.6 Å². The molecule has 0 aliphatic rings. The molecule has 0 spiro atoms. The molecular formula is C4H13Br2NO3S. The van der Waals surface area contributed by atoms with Gasteiger partial charge >= 0.3 is 0 Å². The molecule has 0 rings (SSSR count). The van der Waals surface area contributed by atoms with E-state index in [-0.39, 0.29) is 6.15 Å². The zero-order chi connectivity index (χ0) is 8.78. The lowest BCUT2D eigenvalue weighted by molar-refractivity contribution is 0.490. The summed E-state index contributed by atoms with van der Waals surface area (Å²) in [5.41, 5.74) is 0. The second-order valence-corrected chi connectivity index (χ2v) is 5.34. The van der Waals surface area contributed by atoms with Crippen molar-refractivity contribution >= 4 is 42.0 Å². The van der Waals surface area contributed by atoms with Crippen LogP contribution in [-0.4, -0.2) is 29.4 Å². The topological polar surface area (TPSA) is 89.4 Å². The SMILES string of the molecule is CC(Br)CBr.CS(=O)(=O)O.N. The van der Waals surface area contributed by atoms with Crippen LogP contribution in [0.3, 0.4) is 0 Å². The standard InChI is InChI=1S/C3H6Br2.CH4O3S.H3N/c1-3(5)2-4;1-5(2,3)4;/h3H,2H2,1H3;1H3,(H,2,3,4);1H3. The smallest absolute Gasteiger partial charge is 0.261 e. The molecule has 0 aliphatic carbocycles. The van der Waals surface area contributed by atoms with Crippen LogP contribution in [-0.2, 0) is 10.1 Å². The Bertz CT molecular complexity index is 149. The largest absolute Gasteiger partial charge is 0.344 e. The van der Waals surface area contributed by atoms with Crippen LogP contribution in [0.15, 0.2) is 0 Å². The first-order chi connectivity index (χ1) is 4.27. The van der Waals surface area contributed by atoms with Crippen molar-refractivity contribution in [2.24, 2.45) is 0 Å². The van der Waals surface area contributed by atoms with Gasteiger partial charge in [0.1, 0.15) is 0 Å². The van der Waals surface area contributed by atoms with Crippen LogP contribution in [0.1, 0.15) is 6.92 Å². The maximum Gasteiger partial charge on any atom is 0.261 e. The number of hydrogen-bond donors (Lipinski definition) is 2. The summed E-state index contributed by atoms with van der Waals surface area (Å²) in [4.78, 5) is 0.613. The van der Waals surface area contributed by atoms with Crippen LogP contribution >= 0.6 is 31.9 Å². The summed E-state index contributed by atoms with van der Waals surface area (Å²) in [6, 6.07) is 0. The van der Waals surface area contributed by atoms with E-state index in [0.29, 0.717) is 11.1 Å². The van der Waals surface area contributed by atoms with E-state index in [0.717, 1.165) is 5.33 Å². The van der Waals surface area contributed by atoms with Crippen molar-refractivity contribution < 1.29 is 13.0 Å². The Balaban J connectivity index is -0.000000107. The van der Waals surface area contributed by atoms with Gasteiger partial charge in [-0.15, -0.1) is 0 Å². The Morgan fingerprint density at radius 2 is 1.64 bits per heavy atom. The zero-order valence-electron chi connectivity index (χ0n) is 6.42. The molecule has 0 heterocycles. The van der Waals surface area contributed by atoms with E-state index < -0.39 is 10.1 Å². The van der Waals surface area contributed by atoms with Gasteiger partial charge in [-0.25, -0.2) is 0 Å². The van der Waals surface area contributed by atoms with E-state index in [9.17, 15) is 8.42 Å². The highest BCUT2D eigenvalue weighted by Gasteiger charge is 1.84. The van der Waals surface area contributed by atoms with Crippen LogP contribution in [0.25, 0.3) is 0 Å². The molecule has 1 unspecified atom stereocenters. The molecule has 72 valence electrons. The molecule has 0 saturated carbocycles. The van der Waals surface area contributed by atoms with E-state index in [1.807, 2.05) is 0 Å². The summed E-state index contributed by atoms with van der Waals surface area (Å²) in [6.45, 7) is 2.09. The molecular weight excluding hydrogens is 302 g/mol. The number of halogens is 2. The van der Waals surface area contributed by atoms with Crippen molar-refractivity contribution in [1.29, 1.82) is 0 Å². The first-order valence-electron chi connectivity index (χ1n) is 2.40. The maximum atomic E-state index is 9.19. The molecule has 0 bridgehead atoms. The number of hydrogen-bond acceptors (Lipinski definition) is 3. The molecule has 0 aromatic heterocycles. The normalized spacial score (nSPS) is 12.1. The molecule has 4 N–H and O–H groups in total. The Morgan fingerprint density at radius 1 is 1.55 bits per heavy atom. The van der Waals surface area contributed by atoms with Gasteiger partial charge in [0.05, 0.1) is 6.26 Å². The van der Waals surface area contributed by atoms with E-state index in [1.165, 1.54) is 0 Å². The number of rotatable bonds is 1. The average Bonchev–Trinajstić information content (AvgIpc) is 1.61. The number of alkyl halides is 2. The second kappa shape index (κ2) is 8.92. The Labute approximate surface area is 84.3 Å². The van der Waals surface area contributed by atoms with Gasteiger partial charge in [-0.3, -0.25) is 4.55 Å². The van der Waals surface area contributed by atoms with Gasteiger partial charge in [0.2, 0.25) is 0 Å². The van der Waals surface area contributed by atoms with Gasteiger partial charge in [-0.2, -0.15) is 8.42 Å². The third-order valence-electron chi connectivity index (χ3n) is 0.213. The van der Waals surface area contributed by atoms with E-state index in [2.05, 4.69) is 38.8 Å². The van der Waals surface area contributed by atoms with Gasteiger partial charge in [-0.05, 0) is 0 Å². The molecule has 4 nitrogen and oxygen atoms in total. The molecule has 1 atom stereocenters. The predicted octanol–water partition coefficient (Wildman–Crippen LogP) is 1.83. The van der Waals surface area contributed by atoms with Crippen molar-refractivity contribution in [2.45, 2.75) is 11.8 Å². The van der Waals surface area contributed by atoms with Gasteiger partial charge in [-0.1, -0.05) is 38.8 Å². The monoisotopic (exact) mass is 313 g/mol. The van der Waals surface area contributed by atoms with Crippen molar-refractivity contribution in [3.63, 3.8) is 0 Å². The molecule has 0 aromatic carbocycles. The average molecular weight is 315 g/mol. The lowest BCUT2D eigenvalue weighted by Gasteiger charge is -1.86. The summed E-state index contributed by atoms with van der Waals surface area (Å²) in [6.07, 6.45) is 0.715. The van der Waals surface area contributed by atoms with Crippen molar-refractivity contribution in [3.8, 4) is 0 Å². The molecule has 0 amide bonds. The first-order valence-corrected chi connectivity index (χ1v) is 6.28. The molecule has 0 aliphatic heterocycles. The summed E-state index contributed by atoms with van der Waals surface area (Å²) in [5.74, 6) is 0. The van der Waals surface area contributed by atoms with Crippen LogP contribution in [0.5, 0.6) is 0 Å². The van der Waals surface area contributed by atoms with Crippen LogP contribution < -0.4 is 6.15 Å². The maximum absolute atomic E-state index is 9.19. The van der Waals surface area contributed by atoms with Crippen molar-refractivity contribution in [1.82, 2.24) is 6.15 Å². The zero-order valence-corrected chi connectivity index (χ0v) is 10.4. The lowest BCUT2D eigenvalue weighted by atomic mass is 10.6. The molecule has 0 aromatic rings. The van der Waals surface area contributed by atoms with Crippen LogP contribution in [0.4, 0.5) is 0 Å². The quantitative estimate of drug-likeness (QED) is 0.571. The minimum absolute atomic E-state index is 0. The highest BCUT2D eigenvalue weighted by atomic mass is 79.9. The molecule has 0 radical (unpaired) electrons. The predicted molar refractivity (Wildman–Crippen MR) is 54.7 cm³/mol. The summed E-state index contributed by atoms with van der Waals surface area (Å²) in [5, 5.41) is 1.03. The van der Waals surface area contributed by atoms with E-state index in [4.69, 9.17) is 4.55 Å². The minimum Gasteiger partial charge on any atom is -0.344 e. The Kier molecular flexibility index (Phi) is 14.4. The lowest BCUT2D eigenvalue weighted by Crippen LogP contribution is -1.88. The van der Waals surface area contributed by atoms with Gasteiger partial charge in [0.15, 0.2) is 0 Å². The third-order valence-corrected chi connectivity index (χ3v) is 2.38. The van der Waals surface area contributed by atoms with Crippen LogP contribution in [0, 0.1) is 0 Å². The van der Waals surface area contributed by atoms with Gasteiger partial charge in [0.25, 0.3) is 10.1 Å². The molecule has 7 heteroatoms. The van der Waals surface area contributed by atoms with Crippen molar-refractivity contribution in [3.05, 3.63) is 0 Å². The summed E-state index contributed by atoms with van der Waals surface area (Å²) in [7, 11) is -3.67.